The van der Waals surface area contributed by atoms with E-state index in [9.17, 15) is 18.0 Å². The number of hydrogen-bond donors (Lipinski definition) is 2. The van der Waals surface area contributed by atoms with Crippen LogP contribution in [0, 0.1) is 5.41 Å². The van der Waals surface area contributed by atoms with Gasteiger partial charge in [-0.05, 0) is 13.0 Å². The van der Waals surface area contributed by atoms with Gasteiger partial charge in [-0.25, -0.2) is 9.97 Å². The molecule has 0 aliphatic carbocycles. The maximum absolute atomic E-state index is 12.5. The quantitative estimate of drug-likeness (QED) is 0.875. The molecule has 110 valence electrons. The summed E-state index contributed by atoms with van der Waals surface area (Å²) >= 11 is 0. The molecule has 2 atom stereocenters. The molecule has 2 heterocycles. The number of aromatic nitrogens is 2. The molecule has 2 N–H and O–H groups in total. The standard InChI is InChI=1S/C11H12F3N3O3/c1-10(8(18)19)5-20-4-7(10)17-9-15-3-2-6(16-9)11(12,13)14/h2-3,7H,4-5H2,1H3,(H,18,19)(H,15,16,17). The number of aliphatic carboxylic acids is 1. The summed E-state index contributed by atoms with van der Waals surface area (Å²) in [7, 11) is 0. The molecule has 1 fully saturated rings. The van der Waals surface area contributed by atoms with E-state index in [0.717, 1.165) is 12.3 Å². The molecule has 2 unspecified atom stereocenters. The number of anilines is 1. The Morgan fingerprint density at radius 1 is 1.60 bits per heavy atom. The summed E-state index contributed by atoms with van der Waals surface area (Å²) in [5, 5.41) is 11.8. The third kappa shape index (κ3) is 2.67. The molecule has 6 nitrogen and oxygen atoms in total. The van der Waals surface area contributed by atoms with Gasteiger partial charge in [-0.15, -0.1) is 0 Å². The van der Waals surface area contributed by atoms with E-state index in [1.165, 1.54) is 6.92 Å². The molecule has 0 radical (unpaired) electrons. The zero-order valence-electron chi connectivity index (χ0n) is 10.4. The van der Waals surface area contributed by atoms with E-state index in [4.69, 9.17) is 9.84 Å². The maximum Gasteiger partial charge on any atom is 0.433 e. The number of alkyl halides is 3. The number of ether oxygens (including phenoxy) is 1. The van der Waals surface area contributed by atoms with E-state index in [1.807, 2.05) is 0 Å². The minimum Gasteiger partial charge on any atom is -0.481 e. The summed E-state index contributed by atoms with van der Waals surface area (Å²) in [4.78, 5) is 18.2. The Morgan fingerprint density at radius 3 is 2.90 bits per heavy atom. The first-order valence-corrected chi connectivity index (χ1v) is 5.71. The van der Waals surface area contributed by atoms with Gasteiger partial charge in [0.1, 0.15) is 11.1 Å². The Kier molecular flexibility index (Phi) is 3.55. The Morgan fingerprint density at radius 2 is 2.30 bits per heavy atom. The van der Waals surface area contributed by atoms with Gasteiger partial charge in [0.15, 0.2) is 0 Å². The van der Waals surface area contributed by atoms with Crippen molar-refractivity contribution in [3.63, 3.8) is 0 Å². The van der Waals surface area contributed by atoms with E-state index >= 15 is 0 Å². The average Bonchev–Trinajstić information content (AvgIpc) is 2.72. The number of nitrogens with one attached hydrogen (secondary N) is 1. The second kappa shape index (κ2) is 4.89. The lowest BCUT2D eigenvalue weighted by atomic mass is 9.85. The molecule has 1 aliphatic heterocycles. The average molecular weight is 291 g/mol. The van der Waals surface area contributed by atoms with Gasteiger partial charge < -0.3 is 15.2 Å². The zero-order chi connectivity index (χ0) is 15.0. The molecule has 0 spiro atoms. The Balaban J connectivity index is 2.20. The van der Waals surface area contributed by atoms with E-state index in [0.29, 0.717) is 0 Å². The Labute approximate surface area is 112 Å². The highest BCUT2D eigenvalue weighted by atomic mass is 19.4. The van der Waals surface area contributed by atoms with Crippen LogP contribution in [0.25, 0.3) is 0 Å². The van der Waals surface area contributed by atoms with E-state index < -0.39 is 29.3 Å². The van der Waals surface area contributed by atoms with Gasteiger partial charge in [-0.1, -0.05) is 0 Å². The lowest BCUT2D eigenvalue weighted by molar-refractivity contribution is -0.148. The third-order valence-corrected chi connectivity index (χ3v) is 3.19. The number of carboxylic acid groups (broad SMARTS) is 1. The highest BCUT2D eigenvalue weighted by molar-refractivity contribution is 5.76. The SMILES string of the molecule is CC1(C(=O)O)COCC1Nc1nccc(C(F)(F)F)n1. The van der Waals surface area contributed by atoms with Gasteiger partial charge >= 0.3 is 12.1 Å². The number of rotatable bonds is 3. The van der Waals surface area contributed by atoms with Crippen molar-refractivity contribution in [1.29, 1.82) is 0 Å². The molecular formula is C11H12F3N3O3. The fraction of sp³-hybridized carbons (Fsp3) is 0.545. The minimum absolute atomic E-state index is 0.0288. The summed E-state index contributed by atoms with van der Waals surface area (Å²) in [5.41, 5.74) is -2.33. The minimum atomic E-state index is -4.58. The second-order valence-corrected chi connectivity index (χ2v) is 4.70. The smallest absolute Gasteiger partial charge is 0.433 e. The molecule has 1 aliphatic rings. The van der Waals surface area contributed by atoms with Crippen LogP contribution in [-0.2, 0) is 15.7 Å². The lowest BCUT2D eigenvalue weighted by Gasteiger charge is -2.25. The maximum atomic E-state index is 12.5. The first-order chi connectivity index (χ1) is 9.23. The number of halogens is 3. The van der Waals surface area contributed by atoms with Crippen molar-refractivity contribution in [2.75, 3.05) is 18.5 Å². The molecule has 2 rings (SSSR count). The van der Waals surface area contributed by atoms with E-state index in [1.54, 1.807) is 0 Å². The highest BCUT2D eigenvalue weighted by Crippen LogP contribution is 2.31. The van der Waals surface area contributed by atoms with E-state index in [-0.39, 0.29) is 19.2 Å². The van der Waals surface area contributed by atoms with Crippen molar-refractivity contribution in [1.82, 2.24) is 9.97 Å². The molecule has 1 aromatic rings. The largest absolute Gasteiger partial charge is 0.481 e. The van der Waals surface area contributed by atoms with Crippen molar-refractivity contribution < 1.29 is 27.8 Å². The number of hydrogen-bond acceptors (Lipinski definition) is 5. The predicted octanol–water partition coefficient (Wildman–Crippen LogP) is 1.40. The lowest BCUT2D eigenvalue weighted by Crippen LogP contribution is -2.43. The Bertz CT molecular complexity index is 523. The van der Waals surface area contributed by atoms with Crippen LogP contribution < -0.4 is 5.32 Å². The monoisotopic (exact) mass is 291 g/mol. The van der Waals surface area contributed by atoms with Crippen LogP contribution in [0.5, 0.6) is 0 Å². The number of carbonyl (C=O) groups is 1. The summed E-state index contributed by atoms with van der Waals surface area (Å²) < 4.78 is 42.7. The molecular weight excluding hydrogens is 279 g/mol. The van der Waals surface area contributed by atoms with Crippen molar-refractivity contribution >= 4 is 11.9 Å². The molecule has 20 heavy (non-hydrogen) atoms. The van der Waals surface area contributed by atoms with Crippen molar-refractivity contribution in [2.24, 2.45) is 5.41 Å². The number of carboxylic acids is 1. The molecule has 0 aromatic carbocycles. The fourth-order valence-corrected chi connectivity index (χ4v) is 1.83. The topological polar surface area (TPSA) is 84.3 Å². The van der Waals surface area contributed by atoms with Crippen LogP contribution in [0.2, 0.25) is 0 Å². The molecule has 0 saturated carbocycles. The molecule has 1 saturated heterocycles. The fourth-order valence-electron chi connectivity index (χ4n) is 1.83. The molecule has 0 amide bonds. The zero-order valence-corrected chi connectivity index (χ0v) is 10.4. The molecule has 9 heteroatoms. The summed E-state index contributed by atoms with van der Waals surface area (Å²) in [5.74, 6) is -1.37. The predicted molar refractivity (Wildman–Crippen MR) is 61.0 cm³/mol. The van der Waals surface area contributed by atoms with Gasteiger partial charge in [-0.3, -0.25) is 4.79 Å². The van der Waals surface area contributed by atoms with Gasteiger partial charge in [0, 0.05) is 6.20 Å². The normalized spacial score (nSPS) is 26.5. The summed E-state index contributed by atoms with van der Waals surface area (Å²) in [6.07, 6.45) is -3.62. The van der Waals surface area contributed by atoms with Crippen molar-refractivity contribution in [3.8, 4) is 0 Å². The first-order valence-electron chi connectivity index (χ1n) is 5.71. The molecule has 1 aromatic heterocycles. The molecule has 0 bridgehead atoms. The van der Waals surface area contributed by atoms with Gasteiger partial charge in [0.25, 0.3) is 0 Å². The van der Waals surface area contributed by atoms with Gasteiger partial charge in [0.2, 0.25) is 5.95 Å². The summed E-state index contributed by atoms with van der Waals surface area (Å²) in [6, 6.07) is 0.0377. The summed E-state index contributed by atoms with van der Waals surface area (Å²) in [6.45, 7) is 1.48. The van der Waals surface area contributed by atoms with Gasteiger partial charge in [0.05, 0.1) is 19.3 Å². The third-order valence-electron chi connectivity index (χ3n) is 3.19. The van der Waals surface area contributed by atoms with Crippen molar-refractivity contribution in [2.45, 2.75) is 19.1 Å². The van der Waals surface area contributed by atoms with Crippen molar-refractivity contribution in [3.05, 3.63) is 18.0 Å². The van der Waals surface area contributed by atoms with Crippen LogP contribution in [0.3, 0.4) is 0 Å². The second-order valence-electron chi connectivity index (χ2n) is 4.70. The van der Waals surface area contributed by atoms with Crippen LogP contribution >= 0.6 is 0 Å². The van der Waals surface area contributed by atoms with E-state index in [2.05, 4.69) is 15.3 Å². The highest BCUT2D eigenvalue weighted by Gasteiger charge is 2.47. The van der Waals surface area contributed by atoms with Crippen LogP contribution in [0.4, 0.5) is 19.1 Å². The first kappa shape index (κ1) is 14.5. The Hall–Kier alpha value is -1.90. The number of nitrogens with zero attached hydrogens (tertiary/aromatic N) is 2. The van der Waals surface area contributed by atoms with Crippen LogP contribution in [0.15, 0.2) is 12.3 Å². The van der Waals surface area contributed by atoms with Crippen LogP contribution in [-0.4, -0.2) is 40.3 Å². The van der Waals surface area contributed by atoms with Crippen LogP contribution in [0.1, 0.15) is 12.6 Å². The van der Waals surface area contributed by atoms with Gasteiger partial charge in [-0.2, -0.15) is 13.2 Å².